The Hall–Kier alpha value is -5.86. The van der Waals surface area contributed by atoms with Crippen molar-refractivity contribution in [2.45, 2.75) is 44.9 Å². The average Bonchev–Trinajstić information content (AvgIpc) is 3.83. The zero-order valence-corrected chi connectivity index (χ0v) is 29.8. The number of nitriles is 2. The molecule has 4 aromatic carbocycles. The van der Waals surface area contributed by atoms with E-state index in [1.54, 1.807) is 0 Å². The first-order valence-electron chi connectivity index (χ1n) is 18.5. The van der Waals surface area contributed by atoms with Crippen LogP contribution in [0.15, 0.2) is 109 Å². The first kappa shape index (κ1) is 36.9. The van der Waals surface area contributed by atoms with Crippen LogP contribution in [0.3, 0.4) is 0 Å². The SMILES string of the molecule is N#Cc1ccc(-c2ccc(OCCCCCOC(=O)[C@H]3[C@H](C(=O)OCCCCCOc4ccc(-c5ccc(C#N)cc5)cc4)[C@H]4C=C[C@@H]3C4)cc2)cc1. The van der Waals surface area contributed by atoms with E-state index in [0.717, 1.165) is 78.7 Å². The topological polar surface area (TPSA) is 119 Å². The molecule has 4 atom stereocenters. The maximum Gasteiger partial charge on any atom is 0.310 e. The molecule has 2 bridgehead atoms. The van der Waals surface area contributed by atoms with Gasteiger partial charge in [0, 0.05) is 0 Å². The minimum atomic E-state index is -0.482. The monoisotopic (exact) mass is 708 g/mol. The van der Waals surface area contributed by atoms with Crippen molar-refractivity contribution < 1.29 is 28.5 Å². The van der Waals surface area contributed by atoms with Gasteiger partial charge < -0.3 is 18.9 Å². The molecule has 0 aliphatic heterocycles. The number of allylic oxidation sites excluding steroid dienone is 2. The summed E-state index contributed by atoms with van der Waals surface area (Å²) in [6.07, 6.45) is 9.73. The molecule has 1 saturated carbocycles. The summed E-state index contributed by atoms with van der Waals surface area (Å²) in [5.41, 5.74) is 5.49. The molecule has 2 aliphatic rings. The number of nitrogens with zero attached hydrogens (tertiary/aromatic N) is 2. The zero-order chi connectivity index (χ0) is 36.8. The molecule has 0 aromatic heterocycles. The molecule has 0 spiro atoms. The summed E-state index contributed by atoms with van der Waals surface area (Å²) in [7, 11) is 0. The summed E-state index contributed by atoms with van der Waals surface area (Å²) in [4.78, 5) is 26.3. The number of hydrogen-bond acceptors (Lipinski definition) is 8. The van der Waals surface area contributed by atoms with Crippen LogP contribution in [0.1, 0.15) is 56.1 Å². The van der Waals surface area contributed by atoms with Gasteiger partial charge >= 0.3 is 11.9 Å². The van der Waals surface area contributed by atoms with Gasteiger partial charge in [-0.1, -0.05) is 60.7 Å². The number of rotatable bonds is 18. The molecule has 0 N–H and O–H groups in total. The second kappa shape index (κ2) is 18.6. The first-order valence-corrected chi connectivity index (χ1v) is 18.5. The Morgan fingerprint density at radius 1 is 0.491 bits per heavy atom. The molecule has 270 valence electrons. The summed E-state index contributed by atoms with van der Waals surface area (Å²) in [6.45, 7) is 1.78. The number of benzene rings is 4. The summed E-state index contributed by atoms with van der Waals surface area (Å²) in [5.74, 6) is 0.0764. The number of carbonyl (C=O) groups is 2. The number of carbonyl (C=O) groups excluding carboxylic acids is 2. The molecule has 53 heavy (non-hydrogen) atoms. The Morgan fingerprint density at radius 3 is 1.19 bits per heavy atom. The van der Waals surface area contributed by atoms with Crippen LogP contribution in [0.25, 0.3) is 22.3 Å². The molecule has 4 aromatic rings. The third kappa shape index (κ3) is 9.93. The molecular formula is C45H44N2O6. The van der Waals surface area contributed by atoms with Crippen molar-refractivity contribution >= 4 is 11.9 Å². The lowest BCUT2D eigenvalue weighted by atomic mass is 9.83. The van der Waals surface area contributed by atoms with Gasteiger partial charge in [0.25, 0.3) is 0 Å². The van der Waals surface area contributed by atoms with Gasteiger partial charge in [-0.25, -0.2) is 0 Å². The van der Waals surface area contributed by atoms with E-state index in [4.69, 9.17) is 29.5 Å². The Balaban J connectivity index is 0.826. The van der Waals surface area contributed by atoms with Gasteiger partial charge in [0.15, 0.2) is 0 Å². The second-order valence-electron chi connectivity index (χ2n) is 13.6. The van der Waals surface area contributed by atoms with Crippen LogP contribution in [-0.2, 0) is 19.1 Å². The summed E-state index contributed by atoms with van der Waals surface area (Å²) in [6, 6.07) is 35.0. The van der Waals surface area contributed by atoms with Crippen LogP contribution in [0, 0.1) is 46.3 Å². The Labute approximate surface area is 311 Å². The van der Waals surface area contributed by atoms with E-state index in [1.165, 1.54) is 0 Å². The lowest BCUT2D eigenvalue weighted by Gasteiger charge is -2.25. The molecule has 0 radical (unpaired) electrons. The molecule has 8 nitrogen and oxygen atoms in total. The van der Waals surface area contributed by atoms with Crippen LogP contribution >= 0.6 is 0 Å². The number of ether oxygens (including phenoxy) is 4. The fourth-order valence-corrected chi connectivity index (χ4v) is 7.11. The number of hydrogen-bond donors (Lipinski definition) is 0. The zero-order valence-electron chi connectivity index (χ0n) is 29.8. The third-order valence-electron chi connectivity index (χ3n) is 10.0. The van der Waals surface area contributed by atoms with Crippen molar-refractivity contribution in [2.75, 3.05) is 26.4 Å². The van der Waals surface area contributed by atoms with Gasteiger partial charge in [-0.3, -0.25) is 9.59 Å². The predicted molar refractivity (Wildman–Crippen MR) is 202 cm³/mol. The fourth-order valence-electron chi connectivity index (χ4n) is 7.11. The standard InChI is InChI=1S/C45H44N2O6/c46-30-32-7-11-34(12-8-32)36-17-21-40(22-18-36)50-25-3-1-5-27-52-44(48)42-38-15-16-39(29-38)43(42)45(49)53-28-6-2-4-26-51-41-23-19-37(20-24-41)35-13-9-33(31-47)10-14-35/h7-24,38-39,42-43H,1-6,25-29H2/t38-,39+,42-,43-/m1/s1. The van der Waals surface area contributed by atoms with Gasteiger partial charge in [-0.2, -0.15) is 10.5 Å². The first-order chi connectivity index (χ1) is 26.0. The van der Waals surface area contributed by atoms with Gasteiger partial charge in [-0.15, -0.1) is 0 Å². The second-order valence-corrected chi connectivity index (χ2v) is 13.6. The van der Waals surface area contributed by atoms with Gasteiger partial charge in [0.2, 0.25) is 0 Å². The lowest BCUT2D eigenvalue weighted by Crippen LogP contribution is -2.35. The van der Waals surface area contributed by atoms with Crippen molar-refractivity contribution in [1.82, 2.24) is 0 Å². The minimum Gasteiger partial charge on any atom is -0.494 e. The maximum atomic E-state index is 13.1. The van der Waals surface area contributed by atoms with Crippen molar-refractivity contribution in [3.05, 3.63) is 120 Å². The van der Waals surface area contributed by atoms with Crippen LogP contribution in [0.4, 0.5) is 0 Å². The van der Waals surface area contributed by atoms with Crippen molar-refractivity contribution in [3.63, 3.8) is 0 Å². The highest BCUT2D eigenvalue weighted by Gasteiger charge is 2.53. The maximum absolute atomic E-state index is 13.1. The molecule has 2 aliphatic carbocycles. The van der Waals surface area contributed by atoms with Gasteiger partial charge in [0.05, 0.1) is 61.5 Å². The highest BCUT2D eigenvalue weighted by atomic mass is 16.5. The molecular weight excluding hydrogens is 665 g/mol. The lowest BCUT2D eigenvalue weighted by molar-refractivity contribution is -0.161. The van der Waals surface area contributed by atoms with Crippen LogP contribution in [0.2, 0.25) is 0 Å². The number of fused-ring (bicyclic) bond motifs is 2. The van der Waals surface area contributed by atoms with Crippen molar-refractivity contribution in [3.8, 4) is 45.9 Å². The number of unbranched alkanes of at least 4 members (excludes halogenated alkanes) is 4. The fraction of sp³-hybridized carbons (Fsp3) is 0.333. The van der Waals surface area contributed by atoms with Gasteiger partial charge in [-0.05, 0) is 128 Å². The Morgan fingerprint density at radius 2 is 0.830 bits per heavy atom. The molecule has 0 heterocycles. The molecule has 6 rings (SSSR count). The summed E-state index contributed by atoms with van der Waals surface area (Å²) in [5, 5.41) is 18.0. The van der Waals surface area contributed by atoms with Crippen molar-refractivity contribution in [2.24, 2.45) is 23.7 Å². The summed E-state index contributed by atoms with van der Waals surface area (Å²) < 4.78 is 23.1. The smallest absolute Gasteiger partial charge is 0.310 e. The highest BCUT2D eigenvalue weighted by Crippen LogP contribution is 2.49. The van der Waals surface area contributed by atoms with E-state index in [9.17, 15) is 9.59 Å². The van der Waals surface area contributed by atoms with E-state index in [-0.39, 0.29) is 23.8 Å². The molecule has 0 amide bonds. The largest absolute Gasteiger partial charge is 0.494 e. The highest BCUT2D eigenvalue weighted by molar-refractivity contribution is 5.84. The van der Waals surface area contributed by atoms with Crippen LogP contribution < -0.4 is 9.47 Å². The average molecular weight is 709 g/mol. The summed E-state index contributed by atoms with van der Waals surface area (Å²) >= 11 is 0. The third-order valence-corrected chi connectivity index (χ3v) is 10.0. The molecule has 0 unspecified atom stereocenters. The van der Waals surface area contributed by atoms with Crippen LogP contribution in [0.5, 0.6) is 11.5 Å². The molecule has 0 saturated heterocycles. The van der Waals surface area contributed by atoms with E-state index in [0.29, 0.717) is 37.6 Å². The van der Waals surface area contributed by atoms with Crippen LogP contribution in [-0.4, -0.2) is 38.4 Å². The number of esters is 2. The van der Waals surface area contributed by atoms with E-state index < -0.39 is 11.8 Å². The normalized spacial score (nSPS) is 18.2. The molecule has 8 heteroatoms. The molecule has 1 fully saturated rings. The minimum absolute atomic E-state index is 0.0251. The van der Waals surface area contributed by atoms with E-state index in [2.05, 4.69) is 24.3 Å². The van der Waals surface area contributed by atoms with Crippen molar-refractivity contribution in [1.29, 1.82) is 10.5 Å². The predicted octanol–water partition coefficient (Wildman–Crippen LogP) is 9.09. The van der Waals surface area contributed by atoms with E-state index >= 15 is 0 Å². The van der Waals surface area contributed by atoms with Gasteiger partial charge in [0.1, 0.15) is 11.5 Å². The Bertz CT molecular complexity index is 1780. The van der Waals surface area contributed by atoms with E-state index in [1.807, 2.05) is 97.1 Å². The quantitative estimate of drug-likeness (QED) is 0.0571. The Kier molecular flexibility index (Phi) is 12.9.